The third kappa shape index (κ3) is 6.79. The summed E-state index contributed by atoms with van der Waals surface area (Å²) in [4.78, 5) is 32.5. The van der Waals surface area contributed by atoms with Gasteiger partial charge in [-0.15, -0.1) is 10.2 Å². The molecule has 0 aliphatic heterocycles. The van der Waals surface area contributed by atoms with E-state index in [-0.39, 0.29) is 29.1 Å². The summed E-state index contributed by atoms with van der Waals surface area (Å²) in [5, 5.41) is 15.3. The Kier molecular flexibility index (Phi) is 8.31. The van der Waals surface area contributed by atoms with Crippen LogP contribution in [0.15, 0.2) is 77.0 Å². The smallest absolute Gasteiger partial charge is 0.234 e. The molecular weight excluding hydrogens is 551 g/mol. The van der Waals surface area contributed by atoms with Crippen molar-refractivity contribution in [3.05, 3.63) is 78.1 Å². The SMILES string of the molecule is Cn1c(SCC(=O)Nc2ccc3nc(SCC(=O)NCc4ccc(F)cc4)[nH]c3c2)nnc1-c1ccc(N)cc1. The number of fused-ring (bicyclic) bond motifs is 1. The van der Waals surface area contributed by atoms with Gasteiger partial charge in [0.15, 0.2) is 16.1 Å². The van der Waals surface area contributed by atoms with Crippen LogP contribution in [0.25, 0.3) is 22.4 Å². The third-order valence-electron chi connectivity index (χ3n) is 5.82. The number of carbonyl (C=O) groups excluding carboxylic acids is 2. The van der Waals surface area contributed by atoms with Crippen LogP contribution in [0.1, 0.15) is 5.56 Å². The lowest BCUT2D eigenvalue weighted by molar-refractivity contribution is -0.118. The summed E-state index contributed by atoms with van der Waals surface area (Å²) in [6, 6.07) is 18.7. The molecule has 5 rings (SSSR count). The molecule has 3 aromatic carbocycles. The maximum atomic E-state index is 13.0. The lowest BCUT2D eigenvalue weighted by atomic mass is 10.2. The summed E-state index contributed by atoms with van der Waals surface area (Å²) >= 11 is 2.56. The number of aromatic nitrogens is 5. The third-order valence-corrected chi connectivity index (χ3v) is 7.72. The summed E-state index contributed by atoms with van der Waals surface area (Å²) in [7, 11) is 1.85. The molecule has 0 bridgehead atoms. The molecule has 0 fully saturated rings. The Morgan fingerprint density at radius 1 is 0.975 bits per heavy atom. The van der Waals surface area contributed by atoms with Gasteiger partial charge in [-0.05, 0) is 60.2 Å². The first kappa shape index (κ1) is 27.2. The molecule has 2 aromatic heterocycles. The quantitative estimate of drug-likeness (QED) is 0.143. The Morgan fingerprint density at radius 3 is 2.50 bits per heavy atom. The predicted molar refractivity (Wildman–Crippen MR) is 155 cm³/mol. The fraction of sp³-hybridized carbons (Fsp3) is 0.148. The zero-order valence-corrected chi connectivity index (χ0v) is 23.0. The van der Waals surface area contributed by atoms with Gasteiger partial charge >= 0.3 is 0 Å². The van der Waals surface area contributed by atoms with E-state index >= 15 is 0 Å². The minimum absolute atomic E-state index is 0.156. The van der Waals surface area contributed by atoms with E-state index in [9.17, 15) is 14.0 Å². The van der Waals surface area contributed by atoms with Crippen molar-refractivity contribution < 1.29 is 14.0 Å². The zero-order valence-electron chi connectivity index (χ0n) is 21.3. The van der Waals surface area contributed by atoms with E-state index in [1.54, 1.807) is 42.5 Å². The van der Waals surface area contributed by atoms with Crippen molar-refractivity contribution in [2.45, 2.75) is 16.9 Å². The van der Waals surface area contributed by atoms with Gasteiger partial charge in [0.25, 0.3) is 0 Å². The summed E-state index contributed by atoms with van der Waals surface area (Å²) in [5.41, 5.74) is 10.2. The number of anilines is 2. The Balaban J connectivity index is 1.12. The lowest BCUT2D eigenvalue weighted by Crippen LogP contribution is -2.24. The number of hydrogen-bond donors (Lipinski definition) is 4. The molecule has 0 radical (unpaired) electrons. The highest BCUT2D eigenvalue weighted by Crippen LogP contribution is 2.25. The van der Waals surface area contributed by atoms with Gasteiger partial charge in [0.2, 0.25) is 11.8 Å². The van der Waals surface area contributed by atoms with Crippen molar-refractivity contribution in [3.63, 3.8) is 0 Å². The molecule has 0 aliphatic carbocycles. The standard InChI is InChI=1S/C27H25FN8O2S2/c1-36-25(17-4-8-19(29)9-5-17)34-35-27(36)40-15-24(38)31-20-10-11-21-22(12-20)33-26(32-21)39-14-23(37)30-13-16-2-6-18(28)7-3-16/h2-12H,13-15,29H2,1H3,(H,30,37)(H,31,38)(H,32,33). The van der Waals surface area contributed by atoms with Crippen LogP contribution in [0.3, 0.4) is 0 Å². The molecule has 0 saturated heterocycles. The number of nitrogens with zero attached hydrogens (tertiary/aromatic N) is 4. The second kappa shape index (κ2) is 12.2. The van der Waals surface area contributed by atoms with E-state index in [0.29, 0.717) is 34.1 Å². The van der Waals surface area contributed by atoms with Crippen molar-refractivity contribution in [2.75, 3.05) is 22.6 Å². The summed E-state index contributed by atoms with van der Waals surface area (Å²) in [6.07, 6.45) is 0. The molecule has 40 heavy (non-hydrogen) atoms. The number of halogens is 1. The number of nitrogens with one attached hydrogen (secondary N) is 3. The highest BCUT2D eigenvalue weighted by molar-refractivity contribution is 8.00. The lowest BCUT2D eigenvalue weighted by Gasteiger charge is -2.06. The Hall–Kier alpha value is -4.36. The van der Waals surface area contributed by atoms with Crippen molar-refractivity contribution in [3.8, 4) is 11.4 Å². The van der Waals surface area contributed by atoms with E-state index in [0.717, 1.165) is 22.2 Å². The number of aromatic amines is 1. The number of H-pyrrole nitrogens is 1. The number of amides is 2. The minimum Gasteiger partial charge on any atom is -0.399 e. The van der Waals surface area contributed by atoms with Crippen molar-refractivity contribution in [1.82, 2.24) is 30.0 Å². The molecule has 204 valence electrons. The van der Waals surface area contributed by atoms with Gasteiger partial charge in [-0.1, -0.05) is 35.7 Å². The molecule has 2 heterocycles. The van der Waals surface area contributed by atoms with E-state index in [4.69, 9.17) is 5.73 Å². The normalized spacial score (nSPS) is 11.1. The number of rotatable bonds is 10. The Morgan fingerprint density at radius 2 is 1.73 bits per heavy atom. The highest BCUT2D eigenvalue weighted by Gasteiger charge is 2.14. The van der Waals surface area contributed by atoms with E-state index in [1.165, 1.54) is 35.7 Å². The fourth-order valence-electron chi connectivity index (χ4n) is 3.77. The topological polar surface area (TPSA) is 144 Å². The van der Waals surface area contributed by atoms with Crippen molar-refractivity contribution >= 4 is 57.7 Å². The van der Waals surface area contributed by atoms with Gasteiger partial charge in [-0.3, -0.25) is 9.59 Å². The summed E-state index contributed by atoms with van der Waals surface area (Å²) in [5.74, 6) is 0.347. The molecule has 0 aliphatic rings. The van der Waals surface area contributed by atoms with Crippen LogP contribution in [0.5, 0.6) is 0 Å². The van der Waals surface area contributed by atoms with Gasteiger partial charge in [-0.25, -0.2) is 9.37 Å². The predicted octanol–water partition coefficient (Wildman–Crippen LogP) is 4.22. The van der Waals surface area contributed by atoms with Crippen molar-refractivity contribution in [2.24, 2.45) is 7.05 Å². The van der Waals surface area contributed by atoms with Gasteiger partial charge in [0, 0.05) is 30.5 Å². The van der Waals surface area contributed by atoms with E-state index in [1.807, 2.05) is 23.7 Å². The Bertz CT molecular complexity index is 1650. The molecule has 2 amide bonds. The molecule has 10 nitrogen and oxygen atoms in total. The Labute approximate surface area is 237 Å². The molecule has 0 atom stereocenters. The molecular formula is C27H25FN8O2S2. The van der Waals surface area contributed by atoms with Crippen LogP contribution < -0.4 is 16.4 Å². The zero-order chi connectivity index (χ0) is 28.1. The number of imidazole rings is 1. The van der Waals surface area contributed by atoms with Crippen LogP contribution >= 0.6 is 23.5 Å². The molecule has 0 spiro atoms. The number of nitrogens with two attached hydrogens (primary N) is 1. The fourth-order valence-corrected chi connectivity index (χ4v) is 5.20. The molecule has 5 aromatic rings. The molecule has 0 unspecified atom stereocenters. The van der Waals surface area contributed by atoms with Gasteiger partial charge in [0.05, 0.1) is 22.5 Å². The summed E-state index contributed by atoms with van der Waals surface area (Å²) in [6.45, 7) is 0.321. The van der Waals surface area contributed by atoms with E-state index in [2.05, 4.69) is 30.8 Å². The first-order chi connectivity index (χ1) is 19.3. The number of nitrogen functional groups attached to an aromatic ring is 1. The van der Waals surface area contributed by atoms with Crippen LogP contribution in [-0.4, -0.2) is 48.1 Å². The number of thioether (sulfide) groups is 2. The van der Waals surface area contributed by atoms with Crippen molar-refractivity contribution in [1.29, 1.82) is 0 Å². The molecule has 13 heteroatoms. The number of carbonyl (C=O) groups is 2. The number of benzene rings is 3. The molecule has 0 saturated carbocycles. The van der Waals surface area contributed by atoms with Gasteiger partial charge in [0.1, 0.15) is 5.82 Å². The van der Waals surface area contributed by atoms with Crippen LogP contribution in [0.4, 0.5) is 15.8 Å². The maximum Gasteiger partial charge on any atom is 0.234 e. The van der Waals surface area contributed by atoms with Crippen LogP contribution in [0, 0.1) is 5.82 Å². The van der Waals surface area contributed by atoms with Gasteiger partial charge in [-0.2, -0.15) is 0 Å². The van der Waals surface area contributed by atoms with E-state index < -0.39 is 0 Å². The highest BCUT2D eigenvalue weighted by atomic mass is 32.2. The second-order valence-corrected chi connectivity index (χ2v) is 10.7. The minimum atomic E-state index is -0.316. The summed E-state index contributed by atoms with van der Waals surface area (Å²) < 4.78 is 14.8. The first-order valence-corrected chi connectivity index (χ1v) is 14.1. The van der Waals surface area contributed by atoms with Gasteiger partial charge < -0.3 is 25.9 Å². The monoisotopic (exact) mass is 576 g/mol. The average Bonchev–Trinajstić information content (AvgIpc) is 3.53. The largest absolute Gasteiger partial charge is 0.399 e. The van der Waals surface area contributed by atoms with Crippen LogP contribution in [0.2, 0.25) is 0 Å². The maximum absolute atomic E-state index is 13.0. The van der Waals surface area contributed by atoms with Crippen LogP contribution in [-0.2, 0) is 23.2 Å². The second-order valence-electron chi connectivity index (χ2n) is 8.79. The number of hydrogen-bond acceptors (Lipinski definition) is 8. The first-order valence-electron chi connectivity index (χ1n) is 12.2. The molecule has 5 N–H and O–H groups in total. The average molecular weight is 577 g/mol.